The molecule has 0 N–H and O–H groups in total. The number of aromatic nitrogens is 1. The molecule has 1 atom stereocenters. The van der Waals surface area contributed by atoms with E-state index in [0.717, 1.165) is 24.2 Å². The van der Waals surface area contributed by atoms with Gasteiger partial charge in [0.05, 0.1) is 17.3 Å². The van der Waals surface area contributed by atoms with E-state index in [0.29, 0.717) is 17.3 Å². The highest BCUT2D eigenvalue weighted by Crippen LogP contribution is 2.34. The first-order chi connectivity index (χ1) is 11.7. The number of halogens is 1. The average Bonchev–Trinajstić information content (AvgIpc) is 3.34. The predicted octanol–water partition coefficient (Wildman–Crippen LogP) is 4.57. The van der Waals surface area contributed by atoms with E-state index in [1.165, 1.54) is 0 Å². The summed E-state index contributed by atoms with van der Waals surface area (Å²) in [4.78, 5) is 14.6. The van der Waals surface area contributed by atoms with E-state index < -0.39 is 0 Å². The Morgan fingerprint density at radius 1 is 1.25 bits per heavy atom. The number of rotatable bonds is 3. The summed E-state index contributed by atoms with van der Waals surface area (Å²) in [6, 6.07) is 12.6. The van der Waals surface area contributed by atoms with E-state index >= 15 is 0 Å². The summed E-state index contributed by atoms with van der Waals surface area (Å²) in [7, 11) is 0. The van der Waals surface area contributed by atoms with Crippen LogP contribution in [0.15, 0.2) is 57.7 Å². The molecular weight excluding hydrogens is 328 g/mol. The molecule has 3 aromatic rings. The first-order valence-electron chi connectivity index (χ1n) is 7.80. The number of nitrogens with zero attached hydrogens (tertiary/aromatic N) is 2. The maximum Gasteiger partial charge on any atom is 0.276 e. The Bertz CT molecular complexity index is 857. The summed E-state index contributed by atoms with van der Waals surface area (Å²) >= 11 is 6.17. The maximum absolute atomic E-state index is 12.8. The molecule has 1 aliphatic rings. The topological polar surface area (TPSA) is 59.5 Å². The molecule has 1 saturated heterocycles. The van der Waals surface area contributed by atoms with Crippen LogP contribution in [0.5, 0.6) is 0 Å². The van der Waals surface area contributed by atoms with Gasteiger partial charge in [-0.15, -0.1) is 0 Å². The third-order valence-electron chi connectivity index (χ3n) is 4.25. The molecule has 2 aromatic heterocycles. The maximum atomic E-state index is 12.8. The molecule has 0 spiro atoms. The summed E-state index contributed by atoms with van der Waals surface area (Å²) in [5.41, 5.74) is 0.998. The van der Waals surface area contributed by atoms with Crippen molar-refractivity contribution in [1.29, 1.82) is 0 Å². The Morgan fingerprint density at radius 2 is 2.12 bits per heavy atom. The molecule has 1 aliphatic heterocycles. The monoisotopic (exact) mass is 342 g/mol. The van der Waals surface area contributed by atoms with Gasteiger partial charge in [-0.1, -0.05) is 28.9 Å². The Morgan fingerprint density at radius 3 is 2.92 bits per heavy atom. The third-order valence-corrected chi connectivity index (χ3v) is 4.58. The second-order valence-corrected chi connectivity index (χ2v) is 6.14. The van der Waals surface area contributed by atoms with Gasteiger partial charge in [0.2, 0.25) is 0 Å². The summed E-state index contributed by atoms with van der Waals surface area (Å²) in [5.74, 6) is 1.13. The van der Waals surface area contributed by atoms with Crippen molar-refractivity contribution in [3.05, 3.63) is 65.2 Å². The fourth-order valence-corrected chi connectivity index (χ4v) is 3.33. The summed E-state index contributed by atoms with van der Waals surface area (Å²) < 4.78 is 10.8. The van der Waals surface area contributed by atoms with Crippen molar-refractivity contribution >= 4 is 17.5 Å². The number of hydrogen-bond acceptors (Lipinski definition) is 4. The zero-order valence-electron chi connectivity index (χ0n) is 12.8. The van der Waals surface area contributed by atoms with Crippen LogP contribution in [0.1, 0.15) is 35.1 Å². The Hall–Kier alpha value is -2.53. The SMILES string of the molecule is O=C(c1cc(-c2ccccc2Cl)on1)N1CCC[C@@H]1c1ccco1. The van der Waals surface area contributed by atoms with E-state index in [9.17, 15) is 4.79 Å². The van der Waals surface area contributed by atoms with Crippen molar-refractivity contribution in [1.82, 2.24) is 10.1 Å². The number of likely N-dealkylation sites (tertiary alicyclic amines) is 1. The molecule has 0 unspecified atom stereocenters. The second-order valence-electron chi connectivity index (χ2n) is 5.73. The standard InChI is InChI=1S/C18H15ClN2O3/c19-13-6-2-1-5-12(13)17-11-14(20-24-17)18(22)21-9-3-7-15(21)16-8-4-10-23-16/h1-2,4-6,8,10-11,15H,3,7,9H2/t15-/m1/s1. The van der Waals surface area contributed by atoms with E-state index in [1.54, 1.807) is 23.3 Å². The van der Waals surface area contributed by atoms with Gasteiger partial charge in [-0.05, 0) is 37.1 Å². The fraction of sp³-hybridized carbons (Fsp3) is 0.222. The molecule has 0 bridgehead atoms. The lowest BCUT2D eigenvalue weighted by atomic mass is 10.1. The zero-order valence-corrected chi connectivity index (χ0v) is 13.6. The smallest absolute Gasteiger partial charge is 0.276 e. The largest absolute Gasteiger partial charge is 0.467 e. The normalized spacial score (nSPS) is 17.4. The Kier molecular flexibility index (Phi) is 3.86. The fourth-order valence-electron chi connectivity index (χ4n) is 3.10. The van der Waals surface area contributed by atoms with Crippen molar-refractivity contribution in [2.24, 2.45) is 0 Å². The van der Waals surface area contributed by atoms with E-state index in [-0.39, 0.29) is 17.6 Å². The molecule has 0 aliphatic carbocycles. The van der Waals surface area contributed by atoms with Gasteiger partial charge in [0.15, 0.2) is 11.5 Å². The molecular formula is C18H15ClN2O3. The average molecular weight is 343 g/mol. The third kappa shape index (κ3) is 2.61. The molecule has 1 aromatic carbocycles. The van der Waals surface area contributed by atoms with Crippen LogP contribution >= 0.6 is 11.6 Å². The second kappa shape index (κ2) is 6.17. The molecule has 1 amide bonds. The van der Waals surface area contributed by atoms with Crippen LogP contribution in [0.3, 0.4) is 0 Å². The quantitative estimate of drug-likeness (QED) is 0.699. The van der Waals surface area contributed by atoms with Crippen molar-refractivity contribution in [2.45, 2.75) is 18.9 Å². The minimum absolute atomic E-state index is 0.0482. The number of amides is 1. The van der Waals surface area contributed by atoms with Gasteiger partial charge in [0.1, 0.15) is 5.76 Å². The molecule has 1 fully saturated rings. The Balaban J connectivity index is 1.60. The Labute approximate surface area is 143 Å². The van der Waals surface area contributed by atoms with Crippen LogP contribution in [-0.2, 0) is 0 Å². The van der Waals surface area contributed by atoms with Gasteiger partial charge < -0.3 is 13.8 Å². The summed E-state index contributed by atoms with van der Waals surface area (Å²) in [5, 5.41) is 4.50. The van der Waals surface area contributed by atoms with Gasteiger partial charge in [-0.3, -0.25) is 4.79 Å². The van der Waals surface area contributed by atoms with Crippen LogP contribution in [0, 0.1) is 0 Å². The van der Waals surface area contributed by atoms with Crippen LogP contribution in [0.2, 0.25) is 5.02 Å². The van der Waals surface area contributed by atoms with E-state index in [4.69, 9.17) is 20.5 Å². The van der Waals surface area contributed by atoms with Gasteiger partial charge in [-0.25, -0.2) is 0 Å². The first kappa shape index (κ1) is 15.0. The highest BCUT2D eigenvalue weighted by Gasteiger charge is 2.33. The van der Waals surface area contributed by atoms with Crippen LogP contribution in [-0.4, -0.2) is 22.5 Å². The van der Waals surface area contributed by atoms with E-state index in [2.05, 4.69) is 5.16 Å². The number of hydrogen-bond donors (Lipinski definition) is 0. The molecule has 122 valence electrons. The van der Waals surface area contributed by atoms with Crippen molar-refractivity contribution in [2.75, 3.05) is 6.54 Å². The first-order valence-corrected chi connectivity index (χ1v) is 8.18. The van der Waals surface area contributed by atoms with Gasteiger partial charge >= 0.3 is 0 Å². The van der Waals surface area contributed by atoms with Crippen LogP contribution < -0.4 is 0 Å². The number of carbonyl (C=O) groups is 1. The molecule has 4 rings (SSSR count). The highest BCUT2D eigenvalue weighted by atomic mass is 35.5. The molecule has 0 saturated carbocycles. The van der Waals surface area contributed by atoms with Gasteiger partial charge in [-0.2, -0.15) is 0 Å². The lowest BCUT2D eigenvalue weighted by Gasteiger charge is -2.21. The molecule has 5 nitrogen and oxygen atoms in total. The lowest BCUT2D eigenvalue weighted by molar-refractivity contribution is 0.0709. The van der Waals surface area contributed by atoms with Crippen LogP contribution in [0.4, 0.5) is 0 Å². The number of carbonyl (C=O) groups excluding carboxylic acids is 1. The molecule has 3 heterocycles. The summed E-state index contributed by atoms with van der Waals surface area (Å²) in [6.07, 6.45) is 3.45. The molecule has 24 heavy (non-hydrogen) atoms. The van der Waals surface area contributed by atoms with Crippen molar-refractivity contribution in [3.8, 4) is 11.3 Å². The van der Waals surface area contributed by atoms with Crippen molar-refractivity contribution < 1.29 is 13.7 Å². The van der Waals surface area contributed by atoms with Crippen molar-refractivity contribution in [3.63, 3.8) is 0 Å². The summed E-state index contributed by atoms with van der Waals surface area (Å²) in [6.45, 7) is 0.679. The molecule has 0 radical (unpaired) electrons. The zero-order chi connectivity index (χ0) is 16.5. The van der Waals surface area contributed by atoms with E-state index in [1.807, 2.05) is 30.3 Å². The number of furan rings is 1. The predicted molar refractivity (Wildman–Crippen MR) is 88.7 cm³/mol. The number of benzene rings is 1. The van der Waals surface area contributed by atoms with Crippen LogP contribution in [0.25, 0.3) is 11.3 Å². The van der Waals surface area contributed by atoms with Gasteiger partial charge in [0, 0.05) is 18.2 Å². The lowest BCUT2D eigenvalue weighted by Crippen LogP contribution is -2.30. The highest BCUT2D eigenvalue weighted by molar-refractivity contribution is 6.33. The minimum atomic E-state index is -0.157. The molecule has 6 heteroatoms. The minimum Gasteiger partial charge on any atom is -0.467 e. The van der Waals surface area contributed by atoms with Gasteiger partial charge in [0.25, 0.3) is 5.91 Å².